The summed E-state index contributed by atoms with van der Waals surface area (Å²) in [5.74, 6) is -13.1. The van der Waals surface area contributed by atoms with E-state index in [-0.39, 0.29) is 177 Å². The van der Waals surface area contributed by atoms with Gasteiger partial charge in [0.15, 0.2) is 41.7 Å². The molecule has 45 heteroatoms. The molecule has 0 aromatic carbocycles. The molecule has 0 saturated heterocycles. The normalized spacial score (nSPS) is 14.7. The molecule has 0 heterocycles. The highest BCUT2D eigenvalue weighted by Crippen LogP contribution is 2.12. The van der Waals surface area contributed by atoms with Gasteiger partial charge in [0.2, 0.25) is 53.2 Å². The number of nitrogens with two attached hydrogens (primary N) is 15. The highest BCUT2D eigenvalue weighted by molar-refractivity contribution is 5.99. The minimum atomic E-state index is -1.95. The lowest BCUT2D eigenvalue weighted by Gasteiger charge is -2.29. The molecule has 13 atom stereocenters. The minimum Gasteiger partial charge on any atom is -0.480 e. The Morgan fingerprint density at radius 1 is 0.273 bits per heavy atom. The van der Waals surface area contributed by atoms with E-state index >= 15 is 0 Å². The van der Waals surface area contributed by atoms with Crippen molar-refractivity contribution in [2.45, 2.75) is 189 Å². The molecule has 0 bridgehead atoms. The summed E-state index contributed by atoms with van der Waals surface area (Å²) in [6.07, 6.45) is -6.17. The summed E-state index contributed by atoms with van der Waals surface area (Å²) in [6, 6.07) is -16.3. The molecule has 45 nitrogen and oxygen atoms in total. The standard InChI is InChI=1S/C54H107N31O14/c1-25(86)35(83-38(89)28(55)11-4-18-70-48(56)57)44(95)79-29(12-5-19-71-49(58)59)39(90)77-32(15-8-22-74-52(64)65)42(93)84-36(26(2)87)45(96)80-30(13-6-20-72-50(60)61)40(91)78-33(16-9-23-75-53(66)67)43(94)85-37(27(3)88)46(97)81-31(14-7-21-73-51(62)63)41(92)82-34(47(98)99)17-10-24-76-54(68)69/h25-37,86-88H,4-24,55H2,1-3H3,(H,77,90)(H,78,91)(H,79,95)(H,80,96)(H,81,97)(H,82,92)(H,83,89)(H,84,93)(H,85,94)(H,98,99)(H4,56,57,70)(H4,58,59,71)(H4,60,61,72)(H4,62,63,73)(H4,64,65,74)(H4,66,67,75)(H4,68,69,76)/t25-,26-,27-,28+,29+,30+,31+,32+,33+,34+,35+,36+,37+/m1/s1. The minimum absolute atomic E-state index is 0.0188. The molecule has 0 aromatic rings. The molecule has 0 aromatic heterocycles. The molecule has 562 valence electrons. The van der Waals surface area contributed by atoms with Gasteiger partial charge in [-0.05, 0) is 111 Å². The Bertz CT molecular complexity index is 2810. The highest BCUT2D eigenvalue weighted by Gasteiger charge is 2.38. The fraction of sp³-hybridized carbons (Fsp3) is 0.685. The van der Waals surface area contributed by atoms with Gasteiger partial charge in [-0.25, -0.2) is 4.79 Å². The number of aliphatic hydroxyl groups is 3. The van der Waals surface area contributed by atoms with Crippen LogP contribution in [-0.4, -0.2) is 246 Å². The van der Waals surface area contributed by atoms with Crippen LogP contribution in [0.1, 0.15) is 111 Å². The van der Waals surface area contributed by atoms with E-state index in [1.807, 2.05) is 0 Å². The molecular formula is C54H107N31O14. The summed E-state index contributed by atoms with van der Waals surface area (Å²) in [6.45, 7) is 3.08. The van der Waals surface area contributed by atoms with Crippen molar-refractivity contribution in [2.75, 3.05) is 45.8 Å². The second kappa shape index (κ2) is 48.2. The Labute approximate surface area is 571 Å². The number of nitrogens with one attached hydrogen (secondary N) is 9. The number of nitrogens with zero attached hydrogens (tertiary/aromatic N) is 7. The average Bonchev–Trinajstić information content (AvgIpc) is 0.873. The van der Waals surface area contributed by atoms with Gasteiger partial charge in [-0.15, -0.1) is 0 Å². The number of carboxylic acid groups (broad SMARTS) is 1. The zero-order valence-electron chi connectivity index (χ0n) is 56.0. The first-order chi connectivity index (χ1) is 46.4. The second-order valence-corrected chi connectivity index (χ2v) is 22.6. The number of amides is 9. The zero-order chi connectivity index (χ0) is 75.5. The number of hydrogen-bond donors (Lipinski definition) is 28. The van der Waals surface area contributed by atoms with Crippen LogP contribution in [0.4, 0.5) is 0 Å². The van der Waals surface area contributed by atoms with E-state index in [0.29, 0.717) is 0 Å². The third-order valence-electron chi connectivity index (χ3n) is 13.9. The first kappa shape index (κ1) is 88.4. The van der Waals surface area contributed by atoms with Crippen LogP contribution in [-0.2, 0) is 47.9 Å². The smallest absolute Gasteiger partial charge is 0.326 e. The summed E-state index contributed by atoms with van der Waals surface area (Å²) in [5, 5.41) is 64.5. The van der Waals surface area contributed by atoms with Crippen LogP contribution in [0.15, 0.2) is 34.9 Å². The number of carbonyl (C=O) groups is 10. The Morgan fingerprint density at radius 3 is 0.646 bits per heavy atom. The zero-order valence-corrected chi connectivity index (χ0v) is 56.0. The number of hydrogen-bond acceptors (Lipinski definition) is 21. The van der Waals surface area contributed by atoms with Crippen molar-refractivity contribution >= 4 is 101 Å². The molecular weight excluding hydrogens is 1310 g/mol. The molecule has 0 fully saturated rings. The lowest BCUT2D eigenvalue weighted by Crippen LogP contribution is -2.62. The third-order valence-corrected chi connectivity index (χ3v) is 13.9. The quantitative estimate of drug-likeness (QED) is 0.0153. The first-order valence-electron chi connectivity index (χ1n) is 31.5. The maximum atomic E-state index is 14.5. The van der Waals surface area contributed by atoms with Gasteiger partial charge in [-0.1, -0.05) is 0 Å². The number of carboxylic acids is 1. The van der Waals surface area contributed by atoms with Crippen LogP contribution in [0.25, 0.3) is 0 Å². The third kappa shape index (κ3) is 39.9. The lowest BCUT2D eigenvalue weighted by atomic mass is 10.0. The molecule has 99 heavy (non-hydrogen) atoms. The predicted octanol–water partition coefficient (Wildman–Crippen LogP) is -13.7. The molecule has 0 saturated carbocycles. The van der Waals surface area contributed by atoms with Crippen molar-refractivity contribution in [2.24, 2.45) is 121 Å². The summed E-state index contributed by atoms with van der Waals surface area (Å²) < 4.78 is 0. The fourth-order valence-corrected chi connectivity index (χ4v) is 8.86. The molecule has 0 aliphatic rings. The molecule has 43 N–H and O–H groups in total. The molecule has 0 spiro atoms. The lowest BCUT2D eigenvalue weighted by molar-refractivity contribution is -0.142. The van der Waals surface area contributed by atoms with E-state index in [1.54, 1.807) is 0 Å². The molecule has 0 radical (unpaired) electrons. The molecule has 0 unspecified atom stereocenters. The van der Waals surface area contributed by atoms with Gasteiger partial charge < -0.3 is 154 Å². The Kier molecular flexibility index (Phi) is 43.0. The van der Waals surface area contributed by atoms with Gasteiger partial charge in [0.25, 0.3) is 0 Å². The Hall–Kier alpha value is -10.6. The monoisotopic (exact) mass is 1410 g/mol. The topological polar surface area (TPSA) is 837 Å². The Balaban J connectivity index is 7.39. The van der Waals surface area contributed by atoms with Gasteiger partial charge in [-0.3, -0.25) is 78.1 Å². The van der Waals surface area contributed by atoms with Gasteiger partial charge >= 0.3 is 5.97 Å². The number of aliphatic hydroxyl groups excluding tert-OH is 3. The summed E-state index contributed by atoms with van der Waals surface area (Å²) in [5.41, 5.74) is 82.5. The maximum Gasteiger partial charge on any atom is 0.326 e. The van der Waals surface area contributed by atoms with Crippen LogP contribution >= 0.6 is 0 Å². The van der Waals surface area contributed by atoms with Crippen LogP contribution in [0.2, 0.25) is 0 Å². The Morgan fingerprint density at radius 2 is 0.444 bits per heavy atom. The number of rotatable bonds is 50. The van der Waals surface area contributed by atoms with Crippen LogP contribution in [0.3, 0.4) is 0 Å². The van der Waals surface area contributed by atoms with Gasteiger partial charge in [0, 0.05) is 45.8 Å². The van der Waals surface area contributed by atoms with E-state index < -0.39 is 138 Å². The van der Waals surface area contributed by atoms with E-state index in [0.717, 1.165) is 13.8 Å². The maximum absolute atomic E-state index is 14.5. The van der Waals surface area contributed by atoms with Crippen molar-refractivity contribution in [3.63, 3.8) is 0 Å². The summed E-state index contributed by atoms with van der Waals surface area (Å²) in [4.78, 5) is 166. The van der Waals surface area contributed by atoms with Crippen LogP contribution in [0.5, 0.6) is 0 Å². The highest BCUT2D eigenvalue weighted by atomic mass is 16.4. The summed E-state index contributed by atoms with van der Waals surface area (Å²) >= 11 is 0. The summed E-state index contributed by atoms with van der Waals surface area (Å²) in [7, 11) is 0. The number of aliphatic carboxylic acids is 1. The first-order valence-corrected chi connectivity index (χ1v) is 31.5. The molecule has 0 rings (SSSR count). The van der Waals surface area contributed by atoms with Gasteiger partial charge in [-0.2, -0.15) is 0 Å². The van der Waals surface area contributed by atoms with E-state index in [1.165, 1.54) is 6.92 Å². The number of carbonyl (C=O) groups excluding carboxylic acids is 9. The predicted molar refractivity (Wildman–Crippen MR) is 367 cm³/mol. The largest absolute Gasteiger partial charge is 0.480 e. The van der Waals surface area contributed by atoms with Gasteiger partial charge in [0.1, 0.15) is 54.4 Å². The number of aliphatic imine (C=N–C) groups is 7. The van der Waals surface area contributed by atoms with Crippen molar-refractivity contribution in [1.29, 1.82) is 0 Å². The van der Waals surface area contributed by atoms with Crippen LogP contribution < -0.4 is 134 Å². The van der Waals surface area contributed by atoms with Crippen LogP contribution in [0, 0.1) is 0 Å². The average molecular weight is 1410 g/mol. The second-order valence-electron chi connectivity index (χ2n) is 22.6. The van der Waals surface area contributed by atoms with Crippen molar-refractivity contribution in [3.8, 4) is 0 Å². The van der Waals surface area contributed by atoms with E-state index in [9.17, 15) is 68.4 Å². The SMILES string of the molecule is C[C@@H](O)[C@H](NC(=O)[C@H](CCCN=C(N)N)NC(=O)[C@H](CCCN=C(N)N)NC(=O)[C@@H](NC(=O)[C@H](CCCN=C(N)N)NC(=O)[C@H](CCCN=C(N)N)NC(=O)[C@@H](NC(=O)[C@@H](N)CCCN=C(N)N)[C@@H](C)O)[C@@H](C)O)C(=O)N[C@@H](CCCN=C(N)N)C(=O)N[C@@H](CCCN=C(N)N)C(=O)O. The van der Waals surface area contributed by atoms with Crippen molar-refractivity contribution in [1.82, 2.24) is 47.9 Å². The molecule has 9 amide bonds. The van der Waals surface area contributed by atoms with E-state index in [4.69, 9.17) is 86.0 Å². The molecule has 0 aliphatic heterocycles. The number of guanidine groups is 7. The van der Waals surface area contributed by atoms with Gasteiger partial charge in [0.05, 0.1) is 24.4 Å². The van der Waals surface area contributed by atoms with Crippen molar-refractivity contribution in [3.05, 3.63) is 0 Å². The fourth-order valence-electron chi connectivity index (χ4n) is 8.86. The van der Waals surface area contributed by atoms with E-state index in [2.05, 4.69) is 82.8 Å². The van der Waals surface area contributed by atoms with Crippen molar-refractivity contribution < 1.29 is 68.4 Å². The molecule has 0 aliphatic carbocycles.